The number of rotatable bonds is 6. The molecule has 0 bridgehead atoms. The summed E-state index contributed by atoms with van der Waals surface area (Å²) in [5.41, 5.74) is 1.18. The highest BCUT2D eigenvalue weighted by molar-refractivity contribution is 7.91. The summed E-state index contributed by atoms with van der Waals surface area (Å²) in [6.45, 7) is 4.29. The molecule has 0 N–H and O–H groups in total. The van der Waals surface area contributed by atoms with Gasteiger partial charge in [-0.3, -0.25) is 0 Å². The molecule has 1 aromatic rings. The Balaban J connectivity index is 2.80. The van der Waals surface area contributed by atoms with Gasteiger partial charge in [-0.05, 0) is 36.5 Å². The SMILES string of the molecule is CC(C)Cc1ccc(S(=O)(=O)CCCCl)cc1. The molecular weight excluding hydrogens is 256 g/mol. The average molecular weight is 275 g/mol. The van der Waals surface area contributed by atoms with Crippen molar-refractivity contribution in [2.75, 3.05) is 11.6 Å². The molecule has 1 aromatic carbocycles. The first-order valence-electron chi connectivity index (χ1n) is 5.83. The van der Waals surface area contributed by atoms with Crippen LogP contribution in [0.2, 0.25) is 0 Å². The van der Waals surface area contributed by atoms with E-state index in [0.29, 0.717) is 23.1 Å². The molecule has 0 spiro atoms. The van der Waals surface area contributed by atoms with Crippen LogP contribution in [0, 0.1) is 5.92 Å². The lowest BCUT2D eigenvalue weighted by atomic mass is 10.0. The van der Waals surface area contributed by atoms with Crippen molar-refractivity contribution < 1.29 is 8.42 Å². The highest BCUT2D eigenvalue weighted by atomic mass is 35.5. The van der Waals surface area contributed by atoms with Gasteiger partial charge in [-0.25, -0.2) is 8.42 Å². The molecule has 0 aliphatic heterocycles. The number of hydrogen-bond acceptors (Lipinski definition) is 2. The van der Waals surface area contributed by atoms with Crippen LogP contribution < -0.4 is 0 Å². The first-order chi connectivity index (χ1) is 7.95. The molecule has 96 valence electrons. The summed E-state index contributed by atoms with van der Waals surface area (Å²) >= 11 is 5.51. The number of alkyl halides is 1. The van der Waals surface area contributed by atoms with Crippen LogP contribution in [0.15, 0.2) is 29.2 Å². The molecule has 4 heteroatoms. The fourth-order valence-electron chi connectivity index (χ4n) is 1.67. The van der Waals surface area contributed by atoms with E-state index < -0.39 is 9.84 Å². The van der Waals surface area contributed by atoms with E-state index in [1.165, 1.54) is 5.56 Å². The van der Waals surface area contributed by atoms with Crippen LogP contribution in [0.25, 0.3) is 0 Å². The summed E-state index contributed by atoms with van der Waals surface area (Å²) in [6.07, 6.45) is 1.47. The Morgan fingerprint density at radius 2 is 1.76 bits per heavy atom. The fraction of sp³-hybridized carbons (Fsp3) is 0.538. The normalized spacial score (nSPS) is 12.0. The third-order valence-corrected chi connectivity index (χ3v) is 4.56. The van der Waals surface area contributed by atoms with E-state index in [1.807, 2.05) is 12.1 Å². The van der Waals surface area contributed by atoms with Crippen LogP contribution in [0.1, 0.15) is 25.8 Å². The highest BCUT2D eigenvalue weighted by Gasteiger charge is 2.13. The van der Waals surface area contributed by atoms with E-state index in [0.717, 1.165) is 6.42 Å². The Morgan fingerprint density at radius 1 is 1.18 bits per heavy atom. The van der Waals surface area contributed by atoms with Crippen molar-refractivity contribution in [2.45, 2.75) is 31.6 Å². The lowest BCUT2D eigenvalue weighted by Crippen LogP contribution is -2.07. The first-order valence-corrected chi connectivity index (χ1v) is 8.02. The second-order valence-electron chi connectivity index (χ2n) is 4.60. The van der Waals surface area contributed by atoms with E-state index >= 15 is 0 Å². The predicted molar refractivity (Wildman–Crippen MR) is 72.4 cm³/mol. The van der Waals surface area contributed by atoms with Gasteiger partial charge in [0.15, 0.2) is 9.84 Å². The van der Waals surface area contributed by atoms with E-state index in [2.05, 4.69) is 13.8 Å². The summed E-state index contributed by atoms with van der Waals surface area (Å²) in [5.74, 6) is 1.08. The Morgan fingerprint density at radius 3 is 2.24 bits per heavy atom. The monoisotopic (exact) mass is 274 g/mol. The second kappa shape index (κ2) is 6.41. The molecule has 0 aliphatic carbocycles. The molecule has 0 aromatic heterocycles. The molecule has 0 heterocycles. The van der Waals surface area contributed by atoms with Gasteiger partial charge < -0.3 is 0 Å². The van der Waals surface area contributed by atoms with Gasteiger partial charge in [-0.15, -0.1) is 11.6 Å². The molecule has 0 radical (unpaired) electrons. The van der Waals surface area contributed by atoms with Crippen molar-refractivity contribution >= 4 is 21.4 Å². The van der Waals surface area contributed by atoms with Gasteiger partial charge >= 0.3 is 0 Å². The molecule has 0 amide bonds. The van der Waals surface area contributed by atoms with Crippen LogP contribution >= 0.6 is 11.6 Å². The van der Waals surface area contributed by atoms with Crippen molar-refractivity contribution in [3.8, 4) is 0 Å². The average Bonchev–Trinajstić information content (AvgIpc) is 2.26. The van der Waals surface area contributed by atoms with Crippen LogP contribution in [-0.4, -0.2) is 20.1 Å². The number of hydrogen-bond donors (Lipinski definition) is 0. The van der Waals surface area contributed by atoms with Crippen molar-refractivity contribution in [3.05, 3.63) is 29.8 Å². The summed E-state index contributed by atoms with van der Waals surface area (Å²) < 4.78 is 23.7. The van der Waals surface area contributed by atoms with Crippen LogP contribution in [-0.2, 0) is 16.3 Å². The van der Waals surface area contributed by atoms with Crippen molar-refractivity contribution in [1.29, 1.82) is 0 Å². The quantitative estimate of drug-likeness (QED) is 0.746. The van der Waals surface area contributed by atoms with E-state index in [9.17, 15) is 8.42 Å². The zero-order valence-electron chi connectivity index (χ0n) is 10.3. The summed E-state index contributed by atoms with van der Waals surface area (Å²) in [5, 5.41) is 0. The van der Waals surface area contributed by atoms with Gasteiger partial charge in [0, 0.05) is 5.88 Å². The topological polar surface area (TPSA) is 34.1 Å². The zero-order valence-corrected chi connectivity index (χ0v) is 11.9. The molecule has 1 rings (SSSR count). The highest BCUT2D eigenvalue weighted by Crippen LogP contribution is 2.15. The largest absolute Gasteiger partial charge is 0.224 e. The summed E-state index contributed by atoms with van der Waals surface area (Å²) in [7, 11) is -3.15. The van der Waals surface area contributed by atoms with E-state index in [1.54, 1.807) is 12.1 Å². The minimum absolute atomic E-state index is 0.125. The van der Waals surface area contributed by atoms with Crippen LogP contribution in [0.4, 0.5) is 0 Å². The lowest BCUT2D eigenvalue weighted by Gasteiger charge is -2.07. The number of sulfone groups is 1. The van der Waals surface area contributed by atoms with E-state index in [4.69, 9.17) is 11.6 Å². The molecular formula is C13H19ClO2S. The van der Waals surface area contributed by atoms with Crippen molar-refractivity contribution in [3.63, 3.8) is 0 Å². The van der Waals surface area contributed by atoms with Crippen LogP contribution in [0.5, 0.6) is 0 Å². The van der Waals surface area contributed by atoms with Gasteiger partial charge in [0.1, 0.15) is 0 Å². The zero-order chi connectivity index (χ0) is 12.9. The molecule has 0 fully saturated rings. The Hall–Kier alpha value is -0.540. The minimum atomic E-state index is -3.15. The van der Waals surface area contributed by atoms with Gasteiger partial charge in [-0.1, -0.05) is 26.0 Å². The predicted octanol–water partition coefficient (Wildman–Crippen LogP) is 3.29. The van der Waals surface area contributed by atoms with Gasteiger partial charge in [0.25, 0.3) is 0 Å². The molecule has 0 unspecified atom stereocenters. The minimum Gasteiger partial charge on any atom is -0.224 e. The first kappa shape index (κ1) is 14.5. The van der Waals surface area contributed by atoms with Crippen molar-refractivity contribution in [2.24, 2.45) is 5.92 Å². The van der Waals surface area contributed by atoms with Gasteiger partial charge in [0.05, 0.1) is 10.6 Å². The Kier molecular flexibility index (Phi) is 5.47. The van der Waals surface area contributed by atoms with E-state index in [-0.39, 0.29) is 5.75 Å². The lowest BCUT2D eigenvalue weighted by molar-refractivity contribution is 0.594. The second-order valence-corrected chi connectivity index (χ2v) is 7.09. The molecule has 0 saturated heterocycles. The standard InChI is InChI=1S/C13H19ClO2S/c1-11(2)10-12-4-6-13(7-5-12)17(15,16)9-3-8-14/h4-7,11H,3,8-10H2,1-2H3. The molecule has 17 heavy (non-hydrogen) atoms. The molecule has 2 nitrogen and oxygen atoms in total. The molecule has 0 aliphatic rings. The third kappa shape index (κ3) is 4.68. The number of halogens is 1. The number of benzene rings is 1. The summed E-state index contributed by atoms with van der Waals surface area (Å²) in [6, 6.07) is 7.18. The van der Waals surface area contributed by atoms with Gasteiger partial charge in [-0.2, -0.15) is 0 Å². The summed E-state index contributed by atoms with van der Waals surface area (Å²) in [4.78, 5) is 0.398. The van der Waals surface area contributed by atoms with Crippen molar-refractivity contribution in [1.82, 2.24) is 0 Å². The Bertz CT molecular complexity index is 435. The molecule has 0 saturated carbocycles. The Labute approximate surface area is 109 Å². The third-order valence-electron chi connectivity index (χ3n) is 2.47. The maximum Gasteiger partial charge on any atom is 0.178 e. The van der Waals surface area contributed by atoms with Gasteiger partial charge in [0.2, 0.25) is 0 Å². The maximum absolute atomic E-state index is 11.9. The smallest absolute Gasteiger partial charge is 0.178 e. The van der Waals surface area contributed by atoms with Crippen LogP contribution in [0.3, 0.4) is 0 Å². The molecule has 0 atom stereocenters. The fourth-order valence-corrected chi connectivity index (χ4v) is 3.27. The maximum atomic E-state index is 11.9.